The summed E-state index contributed by atoms with van der Waals surface area (Å²) in [5.74, 6) is 0. The second kappa shape index (κ2) is 4.14. The molecule has 1 aromatic rings. The van der Waals surface area contributed by atoms with Gasteiger partial charge < -0.3 is 11.5 Å². The van der Waals surface area contributed by atoms with E-state index in [1.54, 1.807) is 0 Å². The normalized spacial score (nSPS) is 11.7. The molecule has 0 bridgehead atoms. The van der Waals surface area contributed by atoms with Crippen LogP contribution in [0.4, 0.5) is 0 Å². The van der Waals surface area contributed by atoms with Crippen LogP contribution in [0.5, 0.6) is 0 Å². The lowest BCUT2D eigenvalue weighted by Gasteiger charge is -1.96. The third-order valence-electron chi connectivity index (χ3n) is 1.46. The lowest BCUT2D eigenvalue weighted by atomic mass is 10.2. The molecule has 0 saturated carbocycles. The van der Waals surface area contributed by atoms with Crippen molar-refractivity contribution in [2.45, 2.75) is 0 Å². The SMILES string of the molecule is NCC(N)=Cc1ccc(Cl)cc1. The van der Waals surface area contributed by atoms with Crippen LogP contribution in [-0.4, -0.2) is 6.54 Å². The molecule has 64 valence electrons. The Morgan fingerprint density at radius 2 is 1.92 bits per heavy atom. The Kier molecular flexibility index (Phi) is 3.14. The van der Waals surface area contributed by atoms with Gasteiger partial charge in [-0.05, 0) is 23.8 Å². The first-order valence-corrected chi connectivity index (χ1v) is 4.02. The van der Waals surface area contributed by atoms with Crippen LogP contribution in [0.1, 0.15) is 5.56 Å². The molecule has 0 heterocycles. The monoisotopic (exact) mass is 182 g/mol. The summed E-state index contributed by atoms with van der Waals surface area (Å²) < 4.78 is 0. The van der Waals surface area contributed by atoms with Crippen LogP contribution < -0.4 is 11.5 Å². The number of hydrogen-bond acceptors (Lipinski definition) is 2. The largest absolute Gasteiger partial charge is 0.401 e. The second-order valence-electron chi connectivity index (χ2n) is 2.47. The molecule has 4 N–H and O–H groups in total. The zero-order chi connectivity index (χ0) is 8.97. The van der Waals surface area contributed by atoms with Crippen LogP contribution in [0.2, 0.25) is 5.02 Å². The number of nitrogens with two attached hydrogens (primary N) is 2. The van der Waals surface area contributed by atoms with Gasteiger partial charge >= 0.3 is 0 Å². The van der Waals surface area contributed by atoms with Gasteiger partial charge in [-0.15, -0.1) is 0 Å². The van der Waals surface area contributed by atoms with E-state index in [1.165, 1.54) is 0 Å². The fourth-order valence-electron chi connectivity index (χ4n) is 0.832. The maximum atomic E-state index is 5.71. The van der Waals surface area contributed by atoms with E-state index >= 15 is 0 Å². The van der Waals surface area contributed by atoms with Gasteiger partial charge in [0.25, 0.3) is 0 Å². The molecule has 0 radical (unpaired) electrons. The molecule has 2 nitrogen and oxygen atoms in total. The molecule has 0 atom stereocenters. The topological polar surface area (TPSA) is 52.0 Å². The van der Waals surface area contributed by atoms with E-state index in [0.29, 0.717) is 12.2 Å². The number of rotatable bonds is 2. The standard InChI is InChI=1S/C9H11ClN2/c10-8-3-1-7(2-4-8)5-9(12)6-11/h1-5H,6,11-12H2. The smallest absolute Gasteiger partial charge is 0.0406 e. The first-order chi connectivity index (χ1) is 5.72. The van der Waals surface area contributed by atoms with Gasteiger partial charge in [0.1, 0.15) is 0 Å². The molecule has 0 spiro atoms. The molecule has 0 unspecified atom stereocenters. The third-order valence-corrected chi connectivity index (χ3v) is 1.71. The van der Waals surface area contributed by atoms with Gasteiger partial charge in [0.15, 0.2) is 0 Å². The van der Waals surface area contributed by atoms with Crippen molar-refractivity contribution in [2.75, 3.05) is 6.54 Å². The van der Waals surface area contributed by atoms with Gasteiger partial charge in [-0.3, -0.25) is 0 Å². The van der Waals surface area contributed by atoms with Crippen LogP contribution in [0, 0.1) is 0 Å². The summed E-state index contributed by atoms with van der Waals surface area (Å²) in [6.45, 7) is 0.378. The minimum Gasteiger partial charge on any atom is -0.401 e. The van der Waals surface area contributed by atoms with Crippen molar-refractivity contribution in [1.29, 1.82) is 0 Å². The van der Waals surface area contributed by atoms with Crippen LogP contribution in [0.15, 0.2) is 30.0 Å². The Balaban J connectivity index is 2.84. The van der Waals surface area contributed by atoms with E-state index < -0.39 is 0 Å². The third kappa shape index (κ3) is 2.57. The predicted molar refractivity (Wildman–Crippen MR) is 52.7 cm³/mol. The molecule has 3 heteroatoms. The summed E-state index contributed by atoms with van der Waals surface area (Å²) in [7, 11) is 0. The molecule has 12 heavy (non-hydrogen) atoms. The molecule has 1 rings (SSSR count). The molecule has 0 aliphatic rings. The first kappa shape index (κ1) is 9.10. The Morgan fingerprint density at radius 1 is 1.33 bits per heavy atom. The molecule has 0 amide bonds. The quantitative estimate of drug-likeness (QED) is 0.730. The summed E-state index contributed by atoms with van der Waals surface area (Å²) in [5.41, 5.74) is 12.6. The van der Waals surface area contributed by atoms with Crippen molar-refractivity contribution < 1.29 is 0 Å². The highest BCUT2D eigenvalue weighted by Gasteiger charge is 1.89. The molecule has 0 aromatic heterocycles. The zero-order valence-corrected chi connectivity index (χ0v) is 7.38. The Bertz CT molecular complexity index is 277. The fraction of sp³-hybridized carbons (Fsp3) is 0.111. The summed E-state index contributed by atoms with van der Waals surface area (Å²) in [6.07, 6.45) is 1.83. The van der Waals surface area contributed by atoms with Gasteiger partial charge in [0.05, 0.1) is 0 Å². The van der Waals surface area contributed by atoms with Gasteiger partial charge in [0, 0.05) is 17.3 Å². The maximum Gasteiger partial charge on any atom is 0.0406 e. The van der Waals surface area contributed by atoms with Crippen molar-refractivity contribution in [3.8, 4) is 0 Å². The predicted octanol–water partition coefficient (Wildman–Crippen LogP) is 1.60. The number of hydrogen-bond donors (Lipinski definition) is 2. The average Bonchev–Trinajstić information content (AvgIpc) is 2.09. The summed E-state index contributed by atoms with van der Waals surface area (Å²) in [5, 5.41) is 0.721. The molecular weight excluding hydrogens is 172 g/mol. The first-order valence-electron chi connectivity index (χ1n) is 3.64. The van der Waals surface area contributed by atoms with Crippen molar-refractivity contribution in [1.82, 2.24) is 0 Å². The van der Waals surface area contributed by atoms with Crippen LogP contribution in [-0.2, 0) is 0 Å². The van der Waals surface area contributed by atoms with E-state index in [9.17, 15) is 0 Å². The lowest BCUT2D eigenvalue weighted by molar-refractivity contribution is 1.12. The van der Waals surface area contributed by atoms with Crippen molar-refractivity contribution in [3.05, 3.63) is 40.5 Å². The highest BCUT2D eigenvalue weighted by Crippen LogP contribution is 2.10. The van der Waals surface area contributed by atoms with Gasteiger partial charge in [0.2, 0.25) is 0 Å². The van der Waals surface area contributed by atoms with Gasteiger partial charge in [-0.2, -0.15) is 0 Å². The average molecular weight is 183 g/mol. The van der Waals surface area contributed by atoms with E-state index in [1.807, 2.05) is 30.3 Å². The van der Waals surface area contributed by atoms with Gasteiger partial charge in [-0.25, -0.2) is 0 Å². The highest BCUT2D eigenvalue weighted by molar-refractivity contribution is 6.30. The Labute approximate surface area is 76.8 Å². The minimum atomic E-state index is 0.378. The summed E-state index contributed by atoms with van der Waals surface area (Å²) in [4.78, 5) is 0. The van der Waals surface area contributed by atoms with Crippen molar-refractivity contribution in [2.24, 2.45) is 11.5 Å². The number of halogens is 1. The maximum absolute atomic E-state index is 5.71. The molecule has 0 saturated heterocycles. The summed E-state index contributed by atoms with van der Waals surface area (Å²) >= 11 is 5.71. The van der Waals surface area contributed by atoms with E-state index in [2.05, 4.69) is 0 Å². The van der Waals surface area contributed by atoms with Crippen molar-refractivity contribution >= 4 is 17.7 Å². The molecular formula is C9H11ClN2. The minimum absolute atomic E-state index is 0.378. The molecule has 1 aromatic carbocycles. The molecule has 0 fully saturated rings. The van der Waals surface area contributed by atoms with E-state index in [0.717, 1.165) is 10.6 Å². The Hall–Kier alpha value is -0.990. The fourth-order valence-corrected chi connectivity index (χ4v) is 0.958. The van der Waals surface area contributed by atoms with Crippen molar-refractivity contribution in [3.63, 3.8) is 0 Å². The van der Waals surface area contributed by atoms with Crippen LogP contribution in [0.3, 0.4) is 0 Å². The highest BCUT2D eigenvalue weighted by atomic mass is 35.5. The van der Waals surface area contributed by atoms with Crippen LogP contribution >= 0.6 is 11.6 Å². The lowest BCUT2D eigenvalue weighted by Crippen LogP contribution is -2.10. The zero-order valence-electron chi connectivity index (χ0n) is 6.63. The summed E-state index contributed by atoms with van der Waals surface area (Å²) in [6, 6.07) is 7.42. The second-order valence-corrected chi connectivity index (χ2v) is 2.91. The van der Waals surface area contributed by atoms with E-state index in [4.69, 9.17) is 23.1 Å². The Morgan fingerprint density at radius 3 is 2.42 bits per heavy atom. The van der Waals surface area contributed by atoms with Gasteiger partial charge in [-0.1, -0.05) is 23.7 Å². The molecule has 0 aliphatic heterocycles. The van der Waals surface area contributed by atoms with E-state index in [-0.39, 0.29) is 0 Å². The number of benzene rings is 1. The molecule has 0 aliphatic carbocycles. The van der Waals surface area contributed by atoms with Crippen LogP contribution in [0.25, 0.3) is 6.08 Å².